The first kappa shape index (κ1) is 26.8. The van der Waals surface area contributed by atoms with Gasteiger partial charge in [-0.05, 0) is 48.6 Å². The van der Waals surface area contributed by atoms with E-state index in [9.17, 15) is 18.8 Å². The van der Waals surface area contributed by atoms with E-state index in [-0.39, 0.29) is 29.2 Å². The SMILES string of the molecule is CC(C)/C=C(\C#N)C(=O)N1CCC[C@@H]1Cn1cc(-c2ccc(Oc3cccc(F)c3F)cc2)c2c(N)ncnc21. The maximum atomic E-state index is 14.0. The van der Waals surface area contributed by atoms with Gasteiger partial charge in [-0.15, -0.1) is 0 Å². The van der Waals surface area contributed by atoms with Gasteiger partial charge in [-0.25, -0.2) is 14.4 Å². The molecular formula is C30H28F2N6O2. The zero-order valence-electron chi connectivity index (χ0n) is 22.1. The third-order valence-electron chi connectivity index (χ3n) is 6.89. The zero-order chi connectivity index (χ0) is 28.4. The number of allylic oxidation sites excluding steroid dienone is 1. The first-order chi connectivity index (χ1) is 19.3. The lowest BCUT2D eigenvalue weighted by molar-refractivity contribution is -0.127. The van der Waals surface area contributed by atoms with Crippen LogP contribution < -0.4 is 10.5 Å². The van der Waals surface area contributed by atoms with Crippen molar-refractivity contribution < 1.29 is 18.3 Å². The maximum absolute atomic E-state index is 14.0. The standard InChI is InChI=1S/C30H28F2N6O2/c1-18(2)13-20(14-33)30(39)38-12-4-5-21(38)15-37-16-23(26-28(34)35-17-36-29(26)37)19-8-10-22(11-9-19)40-25-7-3-6-24(31)27(25)32/h3,6-11,13,16-18,21H,4-5,12,15H2,1-2H3,(H2,34,35,36)/b20-13+/t21-/m1/s1. The first-order valence-corrected chi connectivity index (χ1v) is 13.0. The Kier molecular flexibility index (Phi) is 7.47. The minimum atomic E-state index is -1.06. The van der Waals surface area contributed by atoms with Gasteiger partial charge in [0.05, 0.1) is 11.4 Å². The van der Waals surface area contributed by atoms with E-state index in [0.717, 1.165) is 30.0 Å². The number of aromatic nitrogens is 3. The van der Waals surface area contributed by atoms with Crippen LogP contribution >= 0.6 is 0 Å². The van der Waals surface area contributed by atoms with Crippen molar-refractivity contribution in [3.8, 4) is 28.7 Å². The molecule has 10 heteroatoms. The van der Waals surface area contributed by atoms with Gasteiger partial charge in [-0.3, -0.25) is 4.79 Å². The van der Waals surface area contributed by atoms with Gasteiger partial charge in [-0.2, -0.15) is 9.65 Å². The summed E-state index contributed by atoms with van der Waals surface area (Å²) in [6, 6.07) is 12.6. The van der Waals surface area contributed by atoms with E-state index in [1.54, 1.807) is 35.2 Å². The highest BCUT2D eigenvalue weighted by Crippen LogP contribution is 2.35. The summed E-state index contributed by atoms with van der Waals surface area (Å²) in [6.45, 7) is 4.92. The summed E-state index contributed by atoms with van der Waals surface area (Å²) in [5.41, 5.74) is 8.65. The summed E-state index contributed by atoms with van der Waals surface area (Å²) in [5.74, 6) is -1.77. The normalized spacial score (nSPS) is 15.6. The Morgan fingerprint density at radius 2 is 2.00 bits per heavy atom. The van der Waals surface area contributed by atoms with E-state index in [1.807, 2.05) is 24.6 Å². The Labute approximate surface area is 230 Å². The van der Waals surface area contributed by atoms with Crippen LogP contribution in [0, 0.1) is 28.9 Å². The second-order valence-electron chi connectivity index (χ2n) is 10.1. The number of hydrogen-bond donors (Lipinski definition) is 1. The van der Waals surface area contributed by atoms with Crippen LogP contribution in [0.5, 0.6) is 11.5 Å². The van der Waals surface area contributed by atoms with Gasteiger partial charge in [0.2, 0.25) is 5.82 Å². The highest BCUT2D eigenvalue weighted by Gasteiger charge is 2.31. The van der Waals surface area contributed by atoms with Crippen LogP contribution in [0.1, 0.15) is 26.7 Å². The molecule has 2 aromatic heterocycles. The average Bonchev–Trinajstić information content (AvgIpc) is 3.56. The van der Waals surface area contributed by atoms with Crippen LogP contribution in [-0.2, 0) is 11.3 Å². The molecule has 0 aliphatic carbocycles. The molecule has 1 aliphatic rings. The summed E-state index contributed by atoms with van der Waals surface area (Å²) in [7, 11) is 0. The summed E-state index contributed by atoms with van der Waals surface area (Å²) in [4.78, 5) is 23.6. The summed E-state index contributed by atoms with van der Waals surface area (Å²) in [6.07, 6.45) is 6.66. The Morgan fingerprint density at radius 1 is 1.23 bits per heavy atom. The van der Waals surface area contributed by atoms with Crippen LogP contribution in [0.2, 0.25) is 0 Å². The molecule has 0 radical (unpaired) electrons. The number of halogens is 2. The largest absolute Gasteiger partial charge is 0.454 e. The number of ether oxygens (including phenoxy) is 1. The van der Waals surface area contributed by atoms with Gasteiger partial charge in [0, 0.05) is 24.8 Å². The number of likely N-dealkylation sites (tertiary alicyclic amines) is 1. The van der Waals surface area contributed by atoms with E-state index >= 15 is 0 Å². The molecule has 1 amide bonds. The van der Waals surface area contributed by atoms with Gasteiger partial charge in [0.1, 0.15) is 35.2 Å². The minimum Gasteiger partial charge on any atom is -0.454 e. The van der Waals surface area contributed by atoms with Crippen molar-refractivity contribution in [2.75, 3.05) is 12.3 Å². The summed E-state index contributed by atoms with van der Waals surface area (Å²) < 4.78 is 35.1. The van der Waals surface area contributed by atoms with Crippen LogP contribution in [0.25, 0.3) is 22.2 Å². The molecule has 1 fully saturated rings. The molecule has 1 atom stereocenters. The topological polar surface area (TPSA) is 110 Å². The molecule has 3 heterocycles. The number of amides is 1. The number of carbonyl (C=O) groups excluding carboxylic acids is 1. The second-order valence-corrected chi connectivity index (χ2v) is 10.1. The molecule has 1 aliphatic heterocycles. The Morgan fingerprint density at radius 3 is 2.73 bits per heavy atom. The van der Waals surface area contributed by atoms with Gasteiger partial charge in [-0.1, -0.05) is 38.1 Å². The number of nitrogens with zero attached hydrogens (tertiary/aromatic N) is 5. The molecule has 5 rings (SSSR count). The Balaban J connectivity index is 1.44. The molecule has 1 saturated heterocycles. The quantitative estimate of drug-likeness (QED) is 0.232. The number of nitrogens with two attached hydrogens (primary N) is 1. The van der Waals surface area contributed by atoms with Crippen LogP contribution in [0.15, 0.2) is 66.6 Å². The van der Waals surface area contributed by atoms with Crippen molar-refractivity contribution in [3.63, 3.8) is 0 Å². The van der Waals surface area contributed by atoms with Gasteiger partial charge >= 0.3 is 0 Å². The molecule has 0 saturated carbocycles. The fourth-order valence-electron chi connectivity index (χ4n) is 5.06. The van der Waals surface area contributed by atoms with Gasteiger partial charge in [0.15, 0.2) is 11.6 Å². The van der Waals surface area contributed by atoms with Crippen molar-refractivity contribution in [1.82, 2.24) is 19.4 Å². The molecule has 40 heavy (non-hydrogen) atoms. The third kappa shape index (κ3) is 5.23. The number of nitriles is 1. The molecule has 8 nitrogen and oxygen atoms in total. The smallest absolute Gasteiger partial charge is 0.264 e. The lowest BCUT2D eigenvalue weighted by Crippen LogP contribution is -2.38. The number of anilines is 1. The first-order valence-electron chi connectivity index (χ1n) is 13.0. The molecule has 4 aromatic rings. The Hall–Kier alpha value is -4.78. The van der Waals surface area contributed by atoms with Crippen LogP contribution in [-0.4, -0.2) is 37.9 Å². The predicted octanol–water partition coefficient (Wildman–Crippen LogP) is 5.85. The maximum Gasteiger partial charge on any atom is 0.264 e. The van der Waals surface area contributed by atoms with E-state index in [2.05, 4.69) is 16.0 Å². The average molecular weight is 543 g/mol. The number of benzene rings is 2. The van der Waals surface area contributed by atoms with Crippen molar-refractivity contribution in [3.05, 3.63) is 78.3 Å². The van der Waals surface area contributed by atoms with E-state index < -0.39 is 11.6 Å². The van der Waals surface area contributed by atoms with Gasteiger partial charge in [0.25, 0.3) is 5.91 Å². The fraction of sp³-hybridized carbons (Fsp3) is 0.267. The molecular weight excluding hydrogens is 514 g/mol. The van der Waals surface area contributed by atoms with E-state index in [1.165, 1.54) is 18.5 Å². The highest BCUT2D eigenvalue weighted by atomic mass is 19.2. The predicted molar refractivity (Wildman–Crippen MR) is 147 cm³/mol. The van der Waals surface area contributed by atoms with Crippen molar-refractivity contribution in [1.29, 1.82) is 5.26 Å². The molecule has 2 aromatic carbocycles. The zero-order valence-corrected chi connectivity index (χ0v) is 22.1. The molecule has 0 unspecified atom stereocenters. The lowest BCUT2D eigenvalue weighted by Gasteiger charge is -2.25. The number of carbonyl (C=O) groups is 1. The number of hydrogen-bond acceptors (Lipinski definition) is 6. The lowest BCUT2D eigenvalue weighted by atomic mass is 10.1. The molecule has 0 bridgehead atoms. The summed E-state index contributed by atoms with van der Waals surface area (Å²) >= 11 is 0. The van der Waals surface area contributed by atoms with Crippen molar-refractivity contribution in [2.24, 2.45) is 5.92 Å². The minimum absolute atomic E-state index is 0.0833. The second kappa shape index (κ2) is 11.1. The number of nitrogen functional groups attached to an aromatic ring is 1. The molecule has 2 N–H and O–H groups in total. The van der Waals surface area contributed by atoms with E-state index in [0.29, 0.717) is 35.7 Å². The van der Waals surface area contributed by atoms with Crippen molar-refractivity contribution in [2.45, 2.75) is 39.3 Å². The van der Waals surface area contributed by atoms with Crippen LogP contribution in [0.3, 0.4) is 0 Å². The molecule has 204 valence electrons. The highest BCUT2D eigenvalue weighted by molar-refractivity contribution is 6.01. The fourth-order valence-corrected chi connectivity index (χ4v) is 5.06. The van der Waals surface area contributed by atoms with Crippen molar-refractivity contribution >= 4 is 22.8 Å². The number of fused-ring (bicyclic) bond motifs is 1. The third-order valence-corrected chi connectivity index (χ3v) is 6.89. The Bertz CT molecular complexity index is 1640. The summed E-state index contributed by atoms with van der Waals surface area (Å²) in [5, 5.41) is 10.2. The van der Waals surface area contributed by atoms with Gasteiger partial charge < -0.3 is 19.9 Å². The van der Waals surface area contributed by atoms with Crippen LogP contribution in [0.4, 0.5) is 14.6 Å². The van der Waals surface area contributed by atoms with E-state index in [4.69, 9.17) is 10.5 Å². The molecule has 0 spiro atoms. The monoisotopic (exact) mass is 542 g/mol. The number of rotatable bonds is 7.